The fourth-order valence-electron chi connectivity index (χ4n) is 3.32. The molecule has 0 radical (unpaired) electrons. The molecule has 27 heavy (non-hydrogen) atoms. The summed E-state index contributed by atoms with van der Waals surface area (Å²) in [7, 11) is 2.13. The Labute approximate surface area is 161 Å². The number of amides is 1. The molecule has 144 valence electrons. The molecule has 1 aromatic heterocycles. The first-order chi connectivity index (χ1) is 13.2. The summed E-state index contributed by atoms with van der Waals surface area (Å²) in [5, 5.41) is 0. The largest absolute Gasteiger partial charge is 0.354 e. The van der Waals surface area contributed by atoms with Crippen molar-refractivity contribution in [3.8, 4) is 0 Å². The van der Waals surface area contributed by atoms with E-state index in [4.69, 9.17) is 5.73 Å². The zero-order chi connectivity index (χ0) is 19.1. The lowest BCUT2D eigenvalue weighted by molar-refractivity contribution is 0.0762. The van der Waals surface area contributed by atoms with Crippen LogP contribution >= 0.6 is 0 Å². The van der Waals surface area contributed by atoms with E-state index in [2.05, 4.69) is 34.0 Å². The van der Waals surface area contributed by atoms with Gasteiger partial charge in [0, 0.05) is 57.6 Å². The number of benzene rings is 1. The van der Waals surface area contributed by atoms with Crippen molar-refractivity contribution in [2.24, 2.45) is 5.73 Å². The average Bonchev–Trinajstić information content (AvgIpc) is 2.72. The van der Waals surface area contributed by atoms with Gasteiger partial charge in [-0.05, 0) is 31.2 Å². The highest BCUT2D eigenvalue weighted by molar-refractivity contribution is 5.94. The molecule has 3 rings (SSSR count). The van der Waals surface area contributed by atoms with E-state index in [0.717, 1.165) is 38.4 Å². The summed E-state index contributed by atoms with van der Waals surface area (Å²) in [5.41, 5.74) is 7.66. The van der Waals surface area contributed by atoms with Crippen molar-refractivity contribution < 1.29 is 4.79 Å². The van der Waals surface area contributed by atoms with Crippen molar-refractivity contribution in [3.63, 3.8) is 0 Å². The highest BCUT2D eigenvalue weighted by Gasteiger charge is 2.19. The van der Waals surface area contributed by atoms with Gasteiger partial charge in [0.15, 0.2) is 0 Å². The Morgan fingerprint density at radius 3 is 2.56 bits per heavy atom. The second-order valence-corrected chi connectivity index (χ2v) is 7.01. The predicted octanol–water partition coefficient (Wildman–Crippen LogP) is 1.48. The lowest BCUT2D eigenvalue weighted by atomic mass is 10.1. The van der Waals surface area contributed by atoms with Gasteiger partial charge in [-0.1, -0.05) is 30.3 Å². The molecule has 0 atom stereocenters. The molecule has 0 unspecified atom stereocenters. The molecule has 0 spiro atoms. The van der Waals surface area contributed by atoms with Crippen molar-refractivity contribution in [2.75, 3.05) is 57.8 Å². The van der Waals surface area contributed by atoms with Crippen LogP contribution in [0.4, 0.5) is 5.82 Å². The third kappa shape index (κ3) is 5.28. The quantitative estimate of drug-likeness (QED) is 0.803. The first-order valence-electron chi connectivity index (χ1n) is 9.60. The molecule has 6 nitrogen and oxygen atoms in total. The number of hydrogen-bond acceptors (Lipinski definition) is 5. The van der Waals surface area contributed by atoms with Crippen molar-refractivity contribution in [1.29, 1.82) is 0 Å². The number of hydrogen-bond donors (Lipinski definition) is 1. The molecule has 1 aromatic carbocycles. The lowest BCUT2D eigenvalue weighted by Crippen LogP contribution is -2.45. The average molecular weight is 367 g/mol. The van der Waals surface area contributed by atoms with Gasteiger partial charge in [-0.2, -0.15) is 0 Å². The fraction of sp³-hybridized carbons (Fsp3) is 0.429. The topological polar surface area (TPSA) is 65.7 Å². The zero-order valence-electron chi connectivity index (χ0n) is 16.1. The van der Waals surface area contributed by atoms with Crippen LogP contribution in [0.5, 0.6) is 0 Å². The number of nitrogens with two attached hydrogens (primary N) is 1. The molecule has 0 bridgehead atoms. The normalized spacial score (nSPS) is 15.0. The van der Waals surface area contributed by atoms with Crippen LogP contribution in [-0.4, -0.2) is 73.6 Å². The van der Waals surface area contributed by atoms with Crippen LogP contribution in [0.25, 0.3) is 0 Å². The number of pyridine rings is 1. The molecule has 1 fully saturated rings. The summed E-state index contributed by atoms with van der Waals surface area (Å²) >= 11 is 0. The number of likely N-dealkylation sites (N-methyl/N-ethyl adjacent to an activating group) is 1. The molecule has 2 heterocycles. The minimum atomic E-state index is 0.0224. The van der Waals surface area contributed by atoms with Crippen molar-refractivity contribution in [2.45, 2.75) is 6.42 Å². The summed E-state index contributed by atoms with van der Waals surface area (Å²) in [6.45, 7) is 5.55. The van der Waals surface area contributed by atoms with Crippen LogP contribution in [0.15, 0.2) is 48.7 Å². The molecule has 1 aliphatic rings. The number of carbonyl (C=O) groups is 1. The summed E-state index contributed by atoms with van der Waals surface area (Å²) in [5.74, 6) is 0.902. The Bertz CT molecular complexity index is 728. The molecular weight excluding hydrogens is 338 g/mol. The molecule has 1 aliphatic heterocycles. The molecular formula is C21H29N5O. The van der Waals surface area contributed by atoms with E-state index in [9.17, 15) is 4.79 Å². The van der Waals surface area contributed by atoms with E-state index in [1.165, 1.54) is 5.56 Å². The second kappa shape index (κ2) is 9.48. The molecule has 1 amide bonds. The predicted molar refractivity (Wildman–Crippen MR) is 109 cm³/mol. The van der Waals surface area contributed by atoms with Crippen LogP contribution in [-0.2, 0) is 6.42 Å². The monoisotopic (exact) mass is 367 g/mol. The van der Waals surface area contributed by atoms with Gasteiger partial charge in [-0.25, -0.2) is 4.98 Å². The fourth-order valence-corrected chi connectivity index (χ4v) is 3.32. The van der Waals surface area contributed by atoms with Gasteiger partial charge in [-0.15, -0.1) is 0 Å². The van der Waals surface area contributed by atoms with Gasteiger partial charge in [0.1, 0.15) is 5.82 Å². The van der Waals surface area contributed by atoms with Crippen molar-refractivity contribution >= 4 is 11.7 Å². The Balaban J connectivity index is 1.68. The summed E-state index contributed by atoms with van der Waals surface area (Å²) in [6, 6.07) is 13.9. The van der Waals surface area contributed by atoms with Gasteiger partial charge < -0.3 is 20.4 Å². The van der Waals surface area contributed by atoms with Gasteiger partial charge in [0.2, 0.25) is 0 Å². The van der Waals surface area contributed by atoms with Crippen LogP contribution in [0.2, 0.25) is 0 Å². The summed E-state index contributed by atoms with van der Waals surface area (Å²) < 4.78 is 0. The Hall–Kier alpha value is -2.44. The van der Waals surface area contributed by atoms with E-state index in [-0.39, 0.29) is 5.91 Å². The highest BCUT2D eigenvalue weighted by Crippen LogP contribution is 2.16. The molecule has 2 N–H and O–H groups in total. The standard InChI is InChI=1S/C21H29N5O/c1-24-13-15-25(16-14-24)20-17-19(7-10-23-20)21(27)26(12-9-22)11-8-18-5-3-2-4-6-18/h2-7,10,17H,8-9,11-16,22H2,1H3. The van der Waals surface area contributed by atoms with E-state index < -0.39 is 0 Å². The SMILES string of the molecule is CN1CCN(c2cc(C(=O)N(CCN)CCc3ccccc3)ccn2)CC1. The third-order valence-corrected chi connectivity index (χ3v) is 5.02. The van der Waals surface area contributed by atoms with Gasteiger partial charge in [0.25, 0.3) is 5.91 Å². The number of nitrogens with zero attached hydrogens (tertiary/aromatic N) is 4. The lowest BCUT2D eigenvalue weighted by Gasteiger charge is -2.33. The van der Waals surface area contributed by atoms with Crippen LogP contribution in [0.1, 0.15) is 15.9 Å². The number of anilines is 1. The molecule has 1 saturated heterocycles. The van der Waals surface area contributed by atoms with Crippen molar-refractivity contribution in [1.82, 2.24) is 14.8 Å². The van der Waals surface area contributed by atoms with Crippen LogP contribution < -0.4 is 10.6 Å². The summed E-state index contributed by atoms with van der Waals surface area (Å²) in [6.07, 6.45) is 2.56. The first kappa shape index (κ1) is 19.3. The first-order valence-corrected chi connectivity index (χ1v) is 9.60. The van der Waals surface area contributed by atoms with E-state index >= 15 is 0 Å². The molecule has 2 aromatic rings. The minimum absolute atomic E-state index is 0.0224. The maximum atomic E-state index is 13.1. The highest BCUT2D eigenvalue weighted by atomic mass is 16.2. The number of rotatable bonds is 7. The van der Waals surface area contributed by atoms with E-state index in [1.807, 2.05) is 29.2 Å². The number of aromatic nitrogens is 1. The summed E-state index contributed by atoms with van der Waals surface area (Å²) in [4.78, 5) is 23.9. The van der Waals surface area contributed by atoms with E-state index in [0.29, 0.717) is 25.2 Å². The van der Waals surface area contributed by atoms with Crippen molar-refractivity contribution in [3.05, 3.63) is 59.8 Å². The third-order valence-electron chi connectivity index (χ3n) is 5.02. The molecule has 0 aliphatic carbocycles. The minimum Gasteiger partial charge on any atom is -0.354 e. The Kier molecular flexibility index (Phi) is 6.79. The van der Waals surface area contributed by atoms with Crippen LogP contribution in [0, 0.1) is 0 Å². The molecule has 0 saturated carbocycles. The zero-order valence-corrected chi connectivity index (χ0v) is 16.1. The van der Waals surface area contributed by atoms with Gasteiger partial charge in [-0.3, -0.25) is 4.79 Å². The Morgan fingerprint density at radius 1 is 1.11 bits per heavy atom. The van der Waals surface area contributed by atoms with Gasteiger partial charge in [0.05, 0.1) is 0 Å². The van der Waals surface area contributed by atoms with Gasteiger partial charge >= 0.3 is 0 Å². The smallest absolute Gasteiger partial charge is 0.254 e. The maximum Gasteiger partial charge on any atom is 0.254 e. The van der Waals surface area contributed by atoms with Crippen LogP contribution in [0.3, 0.4) is 0 Å². The Morgan fingerprint density at radius 2 is 1.85 bits per heavy atom. The van der Waals surface area contributed by atoms with E-state index in [1.54, 1.807) is 12.3 Å². The number of carbonyl (C=O) groups excluding carboxylic acids is 1. The number of piperazine rings is 1. The maximum absolute atomic E-state index is 13.1. The molecule has 6 heteroatoms. The second-order valence-electron chi connectivity index (χ2n) is 7.01.